The molecule has 162 valence electrons. The number of rotatable bonds is 5. The minimum Gasteiger partial charge on any atom is -0.456 e. The van der Waals surface area contributed by atoms with E-state index >= 15 is 0 Å². The molecule has 1 fully saturated rings. The Balaban J connectivity index is 1.97. The van der Waals surface area contributed by atoms with Gasteiger partial charge in [0.15, 0.2) is 24.5 Å². The van der Waals surface area contributed by atoms with Gasteiger partial charge in [0.25, 0.3) is 5.69 Å². The van der Waals surface area contributed by atoms with Crippen molar-refractivity contribution in [1.29, 1.82) is 0 Å². The molecule has 1 aromatic rings. The quantitative estimate of drug-likeness (QED) is 0.294. The first-order chi connectivity index (χ1) is 14.2. The van der Waals surface area contributed by atoms with Gasteiger partial charge in [-0.15, -0.1) is 0 Å². The first-order valence-electron chi connectivity index (χ1n) is 9.34. The number of hydrogen-bond acceptors (Lipinski definition) is 10. The predicted molar refractivity (Wildman–Crippen MR) is 101 cm³/mol. The Morgan fingerprint density at radius 2 is 1.70 bits per heavy atom. The Morgan fingerprint density at radius 3 is 2.30 bits per heavy atom. The van der Waals surface area contributed by atoms with E-state index in [0.717, 1.165) is 5.56 Å². The molecule has 4 unspecified atom stereocenters. The molecule has 1 saturated heterocycles. The zero-order valence-electron chi connectivity index (χ0n) is 16.7. The fourth-order valence-corrected chi connectivity index (χ4v) is 3.76. The number of anilines is 1. The molecule has 0 aliphatic carbocycles. The van der Waals surface area contributed by atoms with Crippen molar-refractivity contribution in [3.8, 4) is 0 Å². The topological polar surface area (TPSA) is 135 Å². The van der Waals surface area contributed by atoms with Crippen LogP contribution in [0.4, 0.5) is 11.4 Å². The summed E-state index contributed by atoms with van der Waals surface area (Å²) in [4.78, 5) is 47.4. The molecule has 0 radical (unpaired) electrons. The molecule has 1 aromatic carbocycles. The average Bonchev–Trinajstić information content (AvgIpc) is 3.06. The fraction of sp³-hybridized carbons (Fsp3) is 0.526. The van der Waals surface area contributed by atoms with E-state index in [4.69, 9.17) is 18.9 Å². The van der Waals surface area contributed by atoms with Gasteiger partial charge in [-0.3, -0.25) is 24.5 Å². The Kier molecular flexibility index (Phi) is 6.20. The number of nitro groups is 1. The molecule has 3 rings (SSSR count). The van der Waals surface area contributed by atoms with Crippen molar-refractivity contribution in [2.24, 2.45) is 0 Å². The second kappa shape index (κ2) is 8.66. The van der Waals surface area contributed by atoms with Crippen molar-refractivity contribution in [1.82, 2.24) is 0 Å². The number of fused-ring (bicyclic) bond motifs is 1. The third-order valence-electron chi connectivity index (χ3n) is 4.84. The summed E-state index contributed by atoms with van der Waals surface area (Å²) in [5.41, 5.74) is 1.35. The molecule has 30 heavy (non-hydrogen) atoms. The second-order valence-corrected chi connectivity index (χ2v) is 7.03. The van der Waals surface area contributed by atoms with Crippen LogP contribution in [0.1, 0.15) is 26.3 Å². The Bertz CT molecular complexity index is 872. The number of benzene rings is 1. The highest BCUT2D eigenvalue weighted by Gasteiger charge is 2.50. The fourth-order valence-electron chi connectivity index (χ4n) is 3.76. The standard InChI is InChI=1S/C19H22N2O9/c1-10(22)28-16-9-27-19(18(30-12(3)24)17(16)29-11(2)23)20-7-6-13-4-5-14(21(25)26)8-15(13)20/h4-5,8,16-19H,6-7,9H2,1-3H3. The Labute approximate surface area is 172 Å². The third-order valence-corrected chi connectivity index (χ3v) is 4.84. The van der Waals surface area contributed by atoms with Crippen LogP contribution in [0.2, 0.25) is 0 Å². The van der Waals surface area contributed by atoms with Crippen molar-refractivity contribution in [3.05, 3.63) is 33.9 Å². The highest BCUT2D eigenvalue weighted by atomic mass is 16.6. The molecule has 4 atom stereocenters. The van der Waals surface area contributed by atoms with Gasteiger partial charge in [0, 0.05) is 45.1 Å². The normalized spacial score (nSPS) is 25.2. The first kappa shape index (κ1) is 21.5. The van der Waals surface area contributed by atoms with Crippen molar-refractivity contribution < 1.29 is 38.3 Å². The Morgan fingerprint density at radius 1 is 1.07 bits per heavy atom. The van der Waals surface area contributed by atoms with Crippen LogP contribution in [0.15, 0.2) is 18.2 Å². The van der Waals surface area contributed by atoms with Gasteiger partial charge < -0.3 is 23.8 Å². The summed E-state index contributed by atoms with van der Waals surface area (Å²) in [5, 5.41) is 11.2. The average molecular weight is 422 g/mol. The first-order valence-corrected chi connectivity index (χ1v) is 9.34. The summed E-state index contributed by atoms with van der Waals surface area (Å²) in [6.07, 6.45) is -3.48. The van der Waals surface area contributed by atoms with Gasteiger partial charge in [-0.2, -0.15) is 0 Å². The number of carbonyl (C=O) groups is 3. The lowest BCUT2D eigenvalue weighted by Gasteiger charge is -2.44. The Hall–Kier alpha value is -3.21. The number of nitro benzene ring substituents is 1. The second-order valence-electron chi connectivity index (χ2n) is 7.03. The number of nitrogens with zero attached hydrogens (tertiary/aromatic N) is 2. The van der Waals surface area contributed by atoms with Gasteiger partial charge in [0.2, 0.25) is 0 Å². The predicted octanol–water partition coefficient (Wildman–Crippen LogP) is 1.11. The van der Waals surface area contributed by atoms with E-state index in [1.165, 1.54) is 32.9 Å². The highest BCUT2D eigenvalue weighted by Crippen LogP contribution is 2.37. The summed E-state index contributed by atoms with van der Waals surface area (Å²) in [5.74, 6) is -1.90. The SMILES string of the molecule is CC(=O)OC1COC(N2CCc3ccc([N+](=O)[O-])cc32)C(OC(C)=O)C1OC(C)=O. The number of carbonyl (C=O) groups excluding carboxylic acids is 3. The van der Waals surface area contributed by atoms with E-state index in [2.05, 4.69) is 0 Å². The summed E-state index contributed by atoms with van der Waals surface area (Å²) < 4.78 is 21.9. The largest absolute Gasteiger partial charge is 0.456 e. The monoisotopic (exact) mass is 422 g/mol. The van der Waals surface area contributed by atoms with Crippen molar-refractivity contribution >= 4 is 29.3 Å². The number of esters is 3. The highest BCUT2D eigenvalue weighted by molar-refractivity contribution is 5.69. The molecule has 2 aliphatic rings. The van der Waals surface area contributed by atoms with E-state index < -0.39 is 47.4 Å². The van der Waals surface area contributed by atoms with Crippen LogP contribution < -0.4 is 4.90 Å². The van der Waals surface area contributed by atoms with Crippen LogP contribution >= 0.6 is 0 Å². The number of hydrogen-bond donors (Lipinski definition) is 0. The van der Waals surface area contributed by atoms with E-state index in [1.54, 1.807) is 11.0 Å². The van der Waals surface area contributed by atoms with Gasteiger partial charge in [-0.1, -0.05) is 6.07 Å². The van der Waals surface area contributed by atoms with Crippen LogP contribution in [0.3, 0.4) is 0 Å². The molecular weight excluding hydrogens is 400 g/mol. The van der Waals surface area contributed by atoms with Gasteiger partial charge in [0.1, 0.15) is 0 Å². The molecule has 2 aliphatic heterocycles. The molecular formula is C19H22N2O9. The molecule has 0 spiro atoms. The third kappa shape index (κ3) is 4.51. The molecule has 0 amide bonds. The van der Waals surface area contributed by atoms with E-state index in [9.17, 15) is 24.5 Å². The lowest BCUT2D eigenvalue weighted by atomic mass is 10.0. The lowest BCUT2D eigenvalue weighted by molar-refractivity contribution is -0.384. The summed E-state index contributed by atoms with van der Waals surface area (Å²) in [6.45, 7) is 3.92. The van der Waals surface area contributed by atoms with E-state index in [1.807, 2.05) is 0 Å². The van der Waals surface area contributed by atoms with Crippen LogP contribution in [-0.2, 0) is 39.8 Å². The van der Waals surface area contributed by atoms with E-state index in [-0.39, 0.29) is 12.3 Å². The minimum absolute atomic E-state index is 0.0881. The zero-order valence-corrected chi connectivity index (χ0v) is 16.7. The maximum Gasteiger partial charge on any atom is 0.303 e. The van der Waals surface area contributed by atoms with Gasteiger partial charge >= 0.3 is 17.9 Å². The van der Waals surface area contributed by atoms with Gasteiger partial charge in [-0.25, -0.2) is 0 Å². The van der Waals surface area contributed by atoms with Gasteiger partial charge in [0.05, 0.1) is 11.5 Å². The lowest BCUT2D eigenvalue weighted by Crippen LogP contribution is -2.62. The molecule has 0 aromatic heterocycles. The maximum atomic E-state index is 11.8. The maximum absolute atomic E-state index is 11.8. The zero-order chi connectivity index (χ0) is 22.0. The number of ether oxygens (including phenoxy) is 4. The van der Waals surface area contributed by atoms with Crippen LogP contribution in [-0.4, -0.2) is 60.5 Å². The summed E-state index contributed by atoms with van der Waals surface area (Å²) >= 11 is 0. The smallest absolute Gasteiger partial charge is 0.303 e. The minimum atomic E-state index is -1.12. The summed E-state index contributed by atoms with van der Waals surface area (Å²) in [7, 11) is 0. The van der Waals surface area contributed by atoms with Gasteiger partial charge in [-0.05, 0) is 12.0 Å². The van der Waals surface area contributed by atoms with E-state index in [0.29, 0.717) is 18.7 Å². The molecule has 2 heterocycles. The molecule has 11 nitrogen and oxygen atoms in total. The van der Waals surface area contributed by atoms with Crippen molar-refractivity contribution in [2.45, 2.75) is 51.7 Å². The molecule has 0 bridgehead atoms. The molecule has 0 N–H and O–H groups in total. The van der Waals surface area contributed by atoms with Crippen LogP contribution in [0, 0.1) is 10.1 Å². The molecule has 0 saturated carbocycles. The van der Waals surface area contributed by atoms with Crippen LogP contribution in [0.25, 0.3) is 0 Å². The van der Waals surface area contributed by atoms with Crippen LogP contribution in [0.5, 0.6) is 0 Å². The van der Waals surface area contributed by atoms with Crippen molar-refractivity contribution in [3.63, 3.8) is 0 Å². The van der Waals surface area contributed by atoms with Crippen molar-refractivity contribution in [2.75, 3.05) is 18.1 Å². The summed E-state index contributed by atoms with van der Waals surface area (Å²) in [6, 6.07) is 4.52. The molecule has 11 heteroatoms. The number of non-ortho nitro benzene ring substituents is 1.